The second-order valence-electron chi connectivity index (χ2n) is 7.63. The van der Waals surface area contributed by atoms with Gasteiger partial charge in [-0.15, -0.1) is 0 Å². The van der Waals surface area contributed by atoms with Crippen LogP contribution in [0, 0.1) is 0 Å². The number of aromatic nitrogens is 1. The summed E-state index contributed by atoms with van der Waals surface area (Å²) in [6.07, 6.45) is 3.35. The number of amides is 2. The van der Waals surface area contributed by atoms with Crippen molar-refractivity contribution in [2.75, 3.05) is 5.32 Å². The average molecular weight is 448 g/mol. The lowest BCUT2D eigenvalue weighted by Crippen LogP contribution is -2.32. The molecule has 2 heterocycles. The smallest absolute Gasteiger partial charge is 0.278 e. The third-order valence-corrected chi connectivity index (χ3v) is 5.11. The van der Waals surface area contributed by atoms with Crippen LogP contribution in [0.5, 0.6) is 5.75 Å². The van der Waals surface area contributed by atoms with Gasteiger partial charge in [0.2, 0.25) is 0 Å². The summed E-state index contributed by atoms with van der Waals surface area (Å²) in [7, 11) is 0. The number of anilines is 1. The van der Waals surface area contributed by atoms with Crippen molar-refractivity contribution in [3.8, 4) is 5.75 Å². The van der Waals surface area contributed by atoms with Gasteiger partial charge in [0.15, 0.2) is 0 Å². The Morgan fingerprint density at radius 3 is 2.34 bits per heavy atom. The maximum atomic E-state index is 13.3. The first-order valence-electron chi connectivity index (χ1n) is 10.2. The minimum Gasteiger partial charge on any atom is -0.491 e. The molecule has 1 N–H and O–H groups in total. The molecule has 0 atom stereocenters. The molecule has 1 aromatic heterocycles. The molecule has 32 heavy (non-hydrogen) atoms. The first kappa shape index (κ1) is 21.6. The van der Waals surface area contributed by atoms with Crippen LogP contribution in [0.2, 0.25) is 5.02 Å². The molecule has 2 amide bonds. The van der Waals surface area contributed by atoms with E-state index in [1.54, 1.807) is 42.7 Å². The highest BCUT2D eigenvalue weighted by Crippen LogP contribution is 2.32. The van der Waals surface area contributed by atoms with E-state index in [1.807, 2.05) is 44.2 Å². The van der Waals surface area contributed by atoms with Gasteiger partial charge in [0.1, 0.15) is 11.4 Å². The van der Waals surface area contributed by atoms with Gasteiger partial charge < -0.3 is 10.1 Å². The Labute approximate surface area is 191 Å². The van der Waals surface area contributed by atoms with E-state index in [-0.39, 0.29) is 24.3 Å². The summed E-state index contributed by atoms with van der Waals surface area (Å²) in [5.41, 5.74) is 2.58. The van der Waals surface area contributed by atoms with E-state index in [9.17, 15) is 9.59 Å². The van der Waals surface area contributed by atoms with Crippen LogP contribution in [0.3, 0.4) is 0 Å². The molecule has 0 aliphatic carbocycles. The maximum absolute atomic E-state index is 13.3. The molecule has 6 nitrogen and oxygen atoms in total. The van der Waals surface area contributed by atoms with Gasteiger partial charge in [0, 0.05) is 23.1 Å². The van der Waals surface area contributed by atoms with Gasteiger partial charge >= 0.3 is 0 Å². The number of halogens is 1. The van der Waals surface area contributed by atoms with Gasteiger partial charge in [-0.2, -0.15) is 0 Å². The predicted molar refractivity (Wildman–Crippen MR) is 124 cm³/mol. The topological polar surface area (TPSA) is 71.5 Å². The van der Waals surface area contributed by atoms with Gasteiger partial charge in [0.05, 0.1) is 18.2 Å². The number of nitrogens with one attached hydrogen (secondary N) is 1. The van der Waals surface area contributed by atoms with Crippen molar-refractivity contribution in [2.24, 2.45) is 0 Å². The molecule has 2 aromatic carbocycles. The maximum Gasteiger partial charge on any atom is 0.278 e. The van der Waals surface area contributed by atoms with Crippen molar-refractivity contribution < 1.29 is 14.3 Å². The van der Waals surface area contributed by atoms with Crippen LogP contribution in [0.25, 0.3) is 5.57 Å². The second kappa shape index (κ2) is 9.24. The number of pyridine rings is 1. The number of rotatable bonds is 7. The molecule has 0 spiro atoms. The summed E-state index contributed by atoms with van der Waals surface area (Å²) in [6, 6.07) is 17.7. The minimum atomic E-state index is -0.397. The van der Waals surface area contributed by atoms with Crippen molar-refractivity contribution >= 4 is 34.7 Å². The van der Waals surface area contributed by atoms with Gasteiger partial charge in [-0.25, -0.2) is 0 Å². The monoisotopic (exact) mass is 447 g/mol. The molecule has 4 rings (SSSR count). The molecule has 0 radical (unpaired) electrons. The molecule has 3 aromatic rings. The van der Waals surface area contributed by atoms with Crippen LogP contribution >= 0.6 is 11.6 Å². The fourth-order valence-electron chi connectivity index (χ4n) is 3.43. The van der Waals surface area contributed by atoms with Crippen molar-refractivity contribution in [2.45, 2.75) is 26.5 Å². The number of imide groups is 1. The number of hydrogen-bond acceptors (Lipinski definition) is 5. The van der Waals surface area contributed by atoms with Crippen molar-refractivity contribution in [3.63, 3.8) is 0 Å². The molecule has 0 unspecified atom stereocenters. The molecular formula is C25H22ClN3O3. The van der Waals surface area contributed by atoms with Crippen LogP contribution in [-0.4, -0.2) is 27.8 Å². The normalized spacial score (nSPS) is 13.8. The van der Waals surface area contributed by atoms with Gasteiger partial charge in [-0.3, -0.25) is 19.5 Å². The van der Waals surface area contributed by atoms with E-state index in [4.69, 9.17) is 16.3 Å². The number of benzene rings is 2. The van der Waals surface area contributed by atoms with E-state index in [0.717, 1.165) is 11.3 Å². The van der Waals surface area contributed by atoms with E-state index in [1.165, 1.54) is 4.90 Å². The number of ether oxygens (including phenoxy) is 1. The highest BCUT2D eigenvalue weighted by molar-refractivity contribution is 6.36. The molecule has 1 aliphatic heterocycles. The van der Waals surface area contributed by atoms with Crippen LogP contribution in [0.15, 0.2) is 78.8 Å². The molecule has 7 heteroatoms. The largest absolute Gasteiger partial charge is 0.491 e. The van der Waals surface area contributed by atoms with Crippen LogP contribution < -0.4 is 10.1 Å². The van der Waals surface area contributed by atoms with E-state index in [2.05, 4.69) is 10.3 Å². The lowest BCUT2D eigenvalue weighted by Gasteiger charge is -2.15. The fourth-order valence-corrected chi connectivity index (χ4v) is 3.55. The second-order valence-corrected chi connectivity index (χ2v) is 8.07. The zero-order valence-corrected chi connectivity index (χ0v) is 18.5. The SMILES string of the molecule is CC(C)Oc1ccc(NC2=C(c3ccc(Cl)cc3)C(=O)N(Cc3cccnc3)C2=O)cc1. The third-order valence-electron chi connectivity index (χ3n) is 4.86. The van der Waals surface area contributed by atoms with E-state index < -0.39 is 5.91 Å². The zero-order valence-electron chi connectivity index (χ0n) is 17.7. The summed E-state index contributed by atoms with van der Waals surface area (Å²) in [6.45, 7) is 4.04. The number of carbonyl (C=O) groups is 2. The summed E-state index contributed by atoms with van der Waals surface area (Å²) >= 11 is 6.02. The van der Waals surface area contributed by atoms with Crippen LogP contribution in [0.4, 0.5) is 5.69 Å². The Hall–Kier alpha value is -3.64. The van der Waals surface area contributed by atoms with Crippen LogP contribution in [-0.2, 0) is 16.1 Å². The van der Waals surface area contributed by atoms with Crippen molar-refractivity contribution in [1.29, 1.82) is 0 Å². The Balaban J connectivity index is 1.68. The summed E-state index contributed by atoms with van der Waals surface area (Å²) in [4.78, 5) is 31.9. The number of carbonyl (C=O) groups excluding carboxylic acids is 2. The van der Waals surface area contributed by atoms with Gasteiger partial charge in [0.25, 0.3) is 11.8 Å². The molecule has 0 fully saturated rings. The minimum absolute atomic E-state index is 0.0584. The summed E-state index contributed by atoms with van der Waals surface area (Å²) in [5.74, 6) is -0.0424. The Morgan fingerprint density at radius 1 is 1.00 bits per heavy atom. The van der Waals surface area contributed by atoms with E-state index in [0.29, 0.717) is 21.8 Å². The lowest BCUT2D eigenvalue weighted by molar-refractivity contribution is -0.137. The van der Waals surface area contributed by atoms with Gasteiger partial charge in [-0.05, 0) is 67.4 Å². The third kappa shape index (κ3) is 4.65. The Bertz CT molecular complexity index is 1160. The molecule has 0 saturated carbocycles. The quantitative estimate of drug-likeness (QED) is 0.521. The zero-order chi connectivity index (χ0) is 22.7. The summed E-state index contributed by atoms with van der Waals surface area (Å²) < 4.78 is 5.67. The molecule has 162 valence electrons. The number of hydrogen-bond donors (Lipinski definition) is 1. The first-order chi connectivity index (χ1) is 15.4. The highest BCUT2D eigenvalue weighted by Gasteiger charge is 2.39. The first-order valence-corrected chi connectivity index (χ1v) is 10.6. The highest BCUT2D eigenvalue weighted by atomic mass is 35.5. The summed E-state index contributed by atoms with van der Waals surface area (Å²) in [5, 5.41) is 3.69. The lowest BCUT2D eigenvalue weighted by atomic mass is 10.0. The van der Waals surface area contributed by atoms with Gasteiger partial charge in [-0.1, -0.05) is 29.8 Å². The predicted octanol–water partition coefficient (Wildman–Crippen LogP) is 4.91. The van der Waals surface area contributed by atoms with Crippen molar-refractivity contribution in [3.05, 3.63) is 94.9 Å². The fraction of sp³-hybridized carbons (Fsp3) is 0.160. The van der Waals surface area contributed by atoms with Crippen LogP contribution in [0.1, 0.15) is 25.0 Å². The van der Waals surface area contributed by atoms with E-state index >= 15 is 0 Å². The standard InChI is InChI=1S/C25H22ClN3O3/c1-16(2)32-21-11-9-20(10-12-21)28-23-22(18-5-7-19(26)8-6-18)24(30)29(25(23)31)15-17-4-3-13-27-14-17/h3-14,16,28H,15H2,1-2H3. The molecular weight excluding hydrogens is 426 g/mol. The molecule has 1 aliphatic rings. The molecule has 0 saturated heterocycles. The molecule has 0 bridgehead atoms. The average Bonchev–Trinajstić information content (AvgIpc) is 3.00. The Kier molecular flexibility index (Phi) is 6.23. The number of nitrogens with zero attached hydrogens (tertiary/aromatic N) is 2. The van der Waals surface area contributed by atoms with Crippen molar-refractivity contribution in [1.82, 2.24) is 9.88 Å². The Morgan fingerprint density at radius 2 is 1.72 bits per heavy atom.